The topological polar surface area (TPSA) is 116 Å². The van der Waals surface area contributed by atoms with Gasteiger partial charge in [0, 0.05) is 23.7 Å². The van der Waals surface area contributed by atoms with Crippen LogP contribution in [0.25, 0.3) is 0 Å². The standard InChI is InChI=1S/C24H23N3O5/c1-13-6-5-9-15-20(13)25-23(32)24(15)19-18(16(26-24)10-11-17(28)29)21(30)27(22(19)31)12-14-7-3-2-4-8-14/h2-9,16,18-19,26H,10-12H2,1H3,(H,25,32)(H,28,29)/t16-,18+,19+,24+/m0/s1. The number of hydrogen-bond donors (Lipinski definition) is 3. The molecule has 8 heteroatoms. The number of rotatable bonds is 5. The van der Waals surface area contributed by atoms with Gasteiger partial charge in [-0.15, -0.1) is 0 Å². The largest absolute Gasteiger partial charge is 0.481 e. The van der Waals surface area contributed by atoms with Gasteiger partial charge in [-0.05, 0) is 24.5 Å². The van der Waals surface area contributed by atoms with Gasteiger partial charge < -0.3 is 10.4 Å². The Morgan fingerprint density at radius 1 is 1.06 bits per heavy atom. The molecule has 3 amide bonds. The maximum Gasteiger partial charge on any atom is 0.303 e. The highest BCUT2D eigenvalue weighted by molar-refractivity contribution is 6.15. The summed E-state index contributed by atoms with van der Waals surface area (Å²) in [5.41, 5.74) is 1.55. The summed E-state index contributed by atoms with van der Waals surface area (Å²) >= 11 is 0. The normalized spacial score (nSPS) is 28.2. The molecule has 0 aliphatic carbocycles. The number of aliphatic carboxylic acids is 1. The number of imide groups is 1. The molecule has 3 N–H and O–H groups in total. The summed E-state index contributed by atoms with van der Waals surface area (Å²) in [7, 11) is 0. The minimum absolute atomic E-state index is 0.121. The zero-order chi connectivity index (χ0) is 22.6. The van der Waals surface area contributed by atoms with Crippen molar-refractivity contribution in [2.24, 2.45) is 11.8 Å². The van der Waals surface area contributed by atoms with Gasteiger partial charge in [-0.1, -0.05) is 48.5 Å². The van der Waals surface area contributed by atoms with Gasteiger partial charge in [0.15, 0.2) is 0 Å². The van der Waals surface area contributed by atoms with Crippen molar-refractivity contribution in [1.29, 1.82) is 0 Å². The Bertz CT molecular complexity index is 1150. The Hall–Kier alpha value is -3.52. The quantitative estimate of drug-likeness (QED) is 0.619. The lowest BCUT2D eigenvalue weighted by Gasteiger charge is -2.29. The van der Waals surface area contributed by atoms with E-state index in [0.717, 1.165) is 11.1 Å². The Morgan fingerprint density at radius 3 is 2.53 bits per heavy atom. The molecule has 2 fully saturated rings. The molecule has 2 aromatic rings. The number of benzene rings is 2. The molecule has 3 aliphatic heterocycles. The van der Waals surface area contributed by atoms with Crippen molar-refractivity contribution in [1.82, 2.24) is 10.2 Å². The first-order chi connectivity index (χ1) is 15.3. The highest BCUT2D eigenvalue weighted by atomic mass is 16.4. The number of nitrogens with one attached hydrogen (secondary N) is 2. The van der Waals surface area contributed by atoms with E-state index in [0.29, 0.717) is 11.3 Å². The lowest BCUT2D eigenvalue weighted by molar-refractivity contribution is -0.144. The molecule has 0 aromatic heterocycles. The van der Waals surface area contributed by atoms with Crippen molar-refractivity contribution < 1.29 is 24.3 Å². The number of para-hydroxylation sites is 1. The number of carbonyl (C=O) groups excluding carboxylic acids is 3. The van der Waals surface area contributed by atoms with Crippen molar-refractivity contribution in [3.63, 3.8) is 0 Å². The molecule has 3 aliphatic rings. The molecule has 2 aromatic carbocycles. The van der Waals surface area contributed by atoms with Crippen LogP contribution in [0.15, 0.2) is 48.5 Å². The summed E-state index contributed by atoms with van der Waals surface area (Å²) in [6.07, 6.45) is -0.0235. The van der Waals surface area contributed by atoms with Gasteiger partial charge in [-0.2, -0.15) is 0 Å². The molecule has 4 atom stereocenters. The monoisotopic (exact) mass is 433 g/mol. The Labute approximate surface area is 184 Å². The Morgan fingerprint density at radius 2 is 1.81 bits per heavy atom. The molecule has 0 saturated carbocycles. The van der Waals surface area contributed by atoms with Crippen LogP contribution in [-0.2, 0) is 31.3 Å². The first-order valence-corrected chi connectivity index (χ1v) is 10.6. The van der Waals surface area contributed by atoms with Crippen molar-refractivity contribution in [3.8, 4) is 0 Å². The zero-order valence-electron chi connectivity index (χ0n) is 17.5. The highest BCUT2D eigenvalue weighted by Gasteiger charge is 2.70. The number of amides is 3. The predicted molar refractivity (Wildman–Crippen MR) is 114 cm³/mol. The first-order valence-electron chi connectivity index (χ1n) is 10.6. The second kappa shape index (κ2) is 7.27. The van der Waals surface area contributed by atoms with Crippen molar-refractivity contribution in [2.45, 2.75) is 37.9 Å². The number of fused-ring (bicyclic) bond motifs is 4. The summed E-state index contributed by atoms with van der Waals surface area (Å²) < 4.78 is 0. The van der Waals surface area contributed by atoms with E-state index in [4.69, 9.17) is 0 Å². The number of hydrogen-bond acceptors (Lipinski definition) is 5. The molecular weight excluding hydrogens is 410 g/mol. The van der Waals surface area contributed by atoms with Crippen LogP contribution in [0.3, 0.4) is 0 Å². The maximum atomic E-state index is 13.7. The van der Waals surface area contributed by atoms with E-state index in [2.05, 4.69) is 10.6 Å². The fourth-order valence-electron chi connectivity index (χ4n) is 5.48. The molecular formula is C24H23N3O5. The van der Waals surface area contributed by atoms with Gasteiger partial charge in [-0.25, -0.2) is 0 Å². The van der Waals surface area contributed by atoms with Crippen LogP contribution < -0.4 is 10.6 Å². The number of anilines is 1. The lowest BCUT2D eigenvalue weighted by Crippen LogP contribution is -2.53. The van der Waals surface area contributed by atoms with E-state index in [1.807, 2.05) is 49.4 Å². The third kappa shape index (κ3) is 2.79. The predicted octanol–water partition coefficient (Wildman–Crippen LogP) is 1.78. The summed E-state index contributed by atoms with van der Waals surface area (Å²) in [4.78, 5) is 53.0. The second-order valence-corrected chi connectivity index (χ2v) is 8.69. The molecule has 2 saturated heterocycles. The maximum absolute atomic E-state index is 13.7. The third-order valence-electron chi connectivity index (χ3n) is 6.90. The van der Waals surface area contributed by atoms with Crippen LogP contribution in [0.4, 0.5) is 5.69 Å². The molecule has 32 heavy (non-hydrogen) atoms. The molecule has 3 heterocycles. The average Bonchev–Trinajstić information content (AvgIpc) is 3.35. The van der Waals surface area contributed by atoms with Crippen LogP contribution in [0, 0.1) is 18.8 Å². The molecule has 5 rings (SSSR count). The summed E-state index contributed by atoms with van der Waals surface area (Å²) in [5.74, 6) is -3.87. The van der Waals surface area contributed by atoms with E-state index in [-0.39, 0.29) is 31.2 Å². The minimum atomic E-state index is -1.40. The third-order valence-corrected chi connectivity index (χ3v) is 6.90. The van der Waals surface area contributed by atoms with Crippen molar-refractivity contribution >= 4 is 29.4 Å². The number of carboxylic acids is 1. The molecule has 1 spiro atoms. The van der Waals surface area contributed by atoms with Crippen LogP contribution in [-0.4, -0.2) is 39.7 Å². The smallest absolute Gasteiger partial charge is 0.303 e. The van der Waals surface area contributed by atoms with Gasteiger partial charge >= 0.3 is 5.97 Å². The van der Waals surface area contributed by atoms with E-state index < -0.39 is 35.3 Å². The second-order valence-electron chi connectivity index (χ2n) is 8.69. The van der Waals surface area contributed by atoms with Gasteiger partial charge in [0.25, 0.3) is 0 Å². The van der Waals surface area contributed by atoms with Crippen molar-refractivity contribution in [2.75, 3.05) is 5.32 Å². The molecule has 0 bridgehead atoms. The summed E-state index contributed by atoms with van der Waals surface area (Å²) in [5, 5.41) is 15.4. The van der Waals surface area contributed by atoms with Crippen LogP contribution in [0.5, 0.6) is 0 Å². The van der Waals surface area contributed by atoms with E-state index in [1.54, 1.807) is 6.07 Å². The summed E-state index contributed by atoms with van der Waals surface area (Å²) in [6, 6.07) is 14.1. The van der Waals surface area contributed by atoms with Crippen LogP contribution in [0.1, 0.15) is 29.5 Å². The number of nitrogens with zero attached hydrogens (tertiary/aromatic N) is 1. The number of likely N-dealkylation sites (tertiary alicyclic amines) is 1. The van der Waals surface area contributed by atoms with Gasteiger partial charge in [0.1, 0.15) is 5.54 Å². The van der Waals surface area contributed by atoms with Gasteiger partial charge in [0.05, 0.1) is 18.4 Å². The lowest BCUT2D eigenvalue weighted by atomic mass is 9.76. The zero-order valence-corrected chi connectivity index (χ0v) is 17.5. The van der Waals surface area contributed by atoms with Gasteiger partial charge in [0.2, 0.25) is 17.7 Å². The van der Waals surface area contributed by atoms with E-state index >= 15 is 0 Å². The van der Waals surface area contributed by atoms with Crippen molar-refractivity contribution in [3.05, 3.63) is 65.2 Å². The Kier molecular flexibility index (Phi) is 4.63. The number of carboxylic acid groups (broad SMARTS) is 1. The van der Waals surface area contributed by atoms with E-state index in [9.17, 15) is 24.3 Å². The SMILES string of the molecule is Cc1cccc2c1NC(=O)[C@@]21N[C@@H](CCC(=O)O)[C@H]2C(=O)N(Cc3ccccc3)C(=O)[C@@H]21. The molecule has 0 unspecified atom stereocenters. The summed E-state index contributed by atoms with van der Waals surface area (Å²) in [6.45, 7) is 1.99. The first kappa shape index (κ1) is 20.4. The fourth-order valence-corrected chi connectivity index (χ4v) is 5.48. The van der Waals surface area contributed by atoms with Gasteiger partial charge in [-0.3, -0.25) is 29.4 Å². The average molecular weight is 433 g/mol. The number of carbonyl (C=O) groups is 4. The minimum Gasteiger partial charge on any atom is -0.481 e. The number of aryl methyl sites for hydroxylation is 1. The van der Waals surface area contributed by atoms with E-state index in [1.165, 1.54) is 4.90 Å². The highest BCUT2D eigenvalue weighted by Crippen LogP contribution is 2.54. The molecule has 164 valence electrons. The molecule has 0 radical (unpaired) electrons. The fraction of sp³-hybridized carbons (Fsp3) is 0.333. The van der Waals surface area contributed by atoms with Crippen LogP contribution in [0.2, 0.25) is 0 Å². The molecule has 8 nitrogen and oxygen atoms in total. The van der Waals surface area contributed by atoms with Crippen LogP contribution >= 0.6 is 0 Å². The Balaban J connectivity index is 1.60.